The first-order chi connectivity index (χ1) is 7.24. The van der Waals surface area contributed by atoms with Crippen LogP contribution < -0.4 is 5.32 Å². The summed E-state index contributed by atoms with van der Waals surface area (Å²) in [6, 6.07) is -0.0312. The monoisotopic (exact) mass is 212 g/mol. The Morgan fingerprint density at radius 1 is 1.67 bits per heavy atom. The van der Waals surface area contributed by atoms with Crippen molar-refractivity contribution in [1.82, 2.24) is 10.2 Å². The van der Waals surface area contributed by atoms with Crippen LogP contribution in [-0.2, 0) is 9.53 Å². The number of nitrogens with zero attached hydrogens (tertiary/aromatic N) is 1. The predicted octanol–water partition coefficient (Wildman–Crippen LogP) is 0.521. The Kier molecular flexibility index (Phi) is 4.66. The van der Waals surface area contributed by atoms with Crippen molar-refractivity contribution in [3.63, 3.8) is 0 Å². The molecule has 0 unspecified atom stereocenters. The molecule has 0 spiro atoms. The molecule has 1 heterocycles. The van der Waals surface area contributed by atoms with E-state index in [0.717, 1.165) is 25.6 Å². The van der Waals surface area contributed by atoms with Gasteiger partial charge in [0.25, 0.3) is 0 Å². The van der Waals surface area contributed by atoms with E-state index in [1.54, 1.807) is 4.90 Å². The molecule has 0 saturated carbocycles. The lowest BCUT2D eigenvalue weighted by molar-refractivity contribution is -0.137. The van der Waals surface area contributed by atoms with E-state index in [1.165, 1.54) is 0 Å². The average molecular weight is 212 g/mol. The summed E-state index contributed by atoms with van der Waals surface area (Å²) < 4.78 is 4.80. The molecule has 0 aromatic carbocycles. The SMILES string of the molecule is C=CC(=O)OCCCN1CCCNC1=O. The van der Waals surface area contributed by atoms with Crippen LogP contribution in [0.1, 0.15) is 12.8 Å². The van der Waals surface area contributed by atoms with Gasteiger partial charge in [0.05, 0.1) is 6.61 Å². The van der Waals surface area contributed by atoms with E-state index in [4.69, 9.17) is 4.74 Å². The van der Waals surface area contributed by atoms with E-state index in [0.29, 0.717) is 19.6 Å². The molecule has 15 heavy (non-hydrogen) atoms. The van der Waals surface area contributed by atoms with E-state index >= 15 is 0 Å². The summed E-state index contributed by atoms with van der Waals surface area (Å²) in [4.78, 5) is 23.7. The van der Waals surface area contributed by atoms with Crippen molar-refractivity contribution in [3.8, 4) is 0 Å². The molecule has 0 atom stereocenters. The molecule has 0 bridgehead atoms. The number of urea groups is 1. The second-order valence-corrected chi connectivity index (χ2v) is 3.30. The van der Waals surface area contributed by atoms with E-state index in [1.807, 2.05) is 0 Å². The lowest BCUT2D eigenvalue weighted by Gasteiger charge is -2.27. The molecule has 2 amide bonds. The first-order valence-electron chi connectivity index (χ1n) is 5.06. The molecule has 84 valence electrons. The maximum absolute atomic E-state index is 11.3. The molecular formula is C10H16N2O3. The van der Waals surface area contributed by atoms with E-state index < -0.39 is 5.97 Å². The highest BCUT2D eigenvalue weighted by Gasteiger charge is 2.16. The Labute approximate surface area is 89.1 Å². The van der Waals surface area contributed by atoms with Crippen LogP contribution in [0.25, 0.3) is 0 Å². The lowest BCUT2D eigenvalue weighted by atomic mass is 10.3. The van der Waals surface area contributed by atoms with Crippen molar-refractivity contribution in [2.75, 3.05) is 26.2 Å². The Bertz CT molecular complexity index is 253. The first-order valence-corrected chi connectivity index (χ1v) is 5.06. The minimum Gasteiger partial charge on any atom is -0.462 e. The number of carbonyl (C=O) groups excluding carboxylic acids is 2. The van der Waals surface area contributed by atoms with E-state index in [9.17, 15) is 9.59 Å². The largest absolute Gasteiger partial charge is 0.462 e. The quantitative estimate of drug-likeness (QED) is 0.410. The Hall–Kier alpha value is -1.52. The van der Waals surface area contributed by atoms with Crippen molar-refractivity contribution in [1.29, 1.82) is 0 Å². The summed E-state index contributed by atoms with van der Waals surface area (Å²) in [6.45, 7) is 5.77. The third-order valence-electron chi connectivity index (χ3n) is 2.15. The molecule has 1 N–H and O–H groups in total. The van der Waals surface area contributed by atoms with Crippen molar-refractivity contribution in [2.24, 2.45) is 0 Å². The molecule has 5 nitrogen and oxygen atoms in total. The van der Waals surface area contributed by atoms with Crippen LogP contribution in [0.5, 0.6) is 0 Å². The highest BCUT2D eigenvalue weighted by atomic mass is 16.5. The van der Waals surface area contributed by atoms with Crippen LogP contribution in [0, 0.1) is 0 Å². The zero-order chi connectivity index (χ0) is 11.1. The van der Waals surface area contributed by atoms with Gasteiger partial charge in [0.2, 0.25) is 0 Å². The summed E-state index contributed by atoms with van der Waals surface area (Å²) in [5, 5.41) is 2.76. The number of ether oxygens (including phenoxy) is 1. The molecule has 1 fully saturated rings. The number of carbonyl (C=O) groups is 2. The fraction of sp³-hybridized carbons (Fsp3) is 0.600. The van der Waals surface area contributed by atoms with Crippen LogP contribution in [0.2, 0.25) is 0 Å². The van der Waals surface area contributed by atoms with Gasteiger partial charge in [0.1, 0.15) is 0 Å². The minimum atomic E-state index is -0.418. The molecular weight excluding hydrogens is 196 g/mol. The van der Waals surface area contributed by atoms with Crippen molar-refractivity contribution < 1.29 is 14.3 Å². The van der Waals surface area contributed by atoms with Crippen LogP contribution in [-0.4, -0.2) is 43.1 Å². The number of hydrogen-bond acceptors (Lipinski definition) is 3. The third-order valence-corrected chi connectivity index (χ3v) is 2.15. The van der Waals surface area contributed by atoms with Crippen LogP contribution in [0.3, 0.4) is 0 Å². The number of amides is 2. The lowest BCUT2D eigenvalue weighted by Crippen LogP contribution is -2.46. The molecule has 1 rings (SSSR count). The van der Waals surface area contributed by atoms with E-state index in [2.05, 4.69) is 11.9 Å². The first kappa shape index (κ1) is 11.6. The Balaban J connectivity index is 2.11. The normalized spacial score (nSPS) is 15.7. The van der Waals surface area contributed by atoms with Gasteiger partial charge in [-0.15, -0.1) is 0 Å². The predicted molar refractivity (Wildman–Crippen MR) is 55.4 cm³/mol. The number of nitrogens with one attached hydrogen (secondary N) is 1. The minimum absolute atomic E-state index is 0.0312. The summed E-state index contributed by atoms with van der Waals surface area (Å²) in [6.07, 6.45) is 2.76. The fourth-order valence-electron chi connectivity index (χ4n) is 1.38. The zero-order valence-corrected chi connectivity index (χ0v) is 8.70. The van der Waals surface area contributed by atoms with Gasteiger partial charge >= 0.3 is 12.0 Å². The molecule has 0 aromatic rings. The van der Waals surface area contributed by atoms with Gasteiger partial charge in [0, 0.05) is 25.7 Å². The van der Waals surface area contributed by atoms with Gasteiger partial charge in [-0.2, -0.15) is 0 Å². The summed E-state index contributed by atoms with van der Waals surface area (Å²) in [5.41, 5.74) is 0. The van der Waals surface area contributed by atoms with Gasteiger partial charge in [0.15, 0.2) is 0 Å². The maximum atomic E-state index is 11.3. The standard InChI is InChI=1S/C10H16N2O3/c1-2-9(13)15-8-4-7-12-6-3-5-11-10(12)14/h2H,1,3-8H2,(H,11,14). The summed E-state index contributed by atoms with van der Waals surface area (Å²) in [5.74, 6) is -0.418. The number of esters is 1. The molecule has 1 aliphatic rings. The van der Waals surface area contributed by atoms with Gasteiger partial charge in [-0.3, -0.25) is 0 Å². The van der Waals surface area contributed by atoms with Gasteiger partial charge < -0.3 is 15.0 Å². The summed E-state index contributed by atoms with van der Waals surface area (Å²) >= 11 is 0. The maximum Gasteiger partial charge on any atom is 0.330 e. The second kappa shape index (κ2) is 6.06. The van der Waals surface area contributed by atoms with E-state index in [-0.39, 0.29) is 6.03 Å². The number of hydrogen-bond donors (Lipinski definition) is 1. The van der Waals surface area contributed by atoms with Crippen molar-refractivity contribution >= 4 is 12.0 Å². The molecule has 5 heteroatoms. The summed E-state index contributed by atoms with van der Waals surface area (Å²) in [7, 11) is 0. The van der Waals surface area contributed by atoms with Gasteiger partial charge in [-0.25, -0.2) is 9.59 Å². The molecule has 0 aromatic heterocycles. The van der Waals surface area contributed by atoms with Crippen molar-refractivity contribution in [2.45, 2.75) is 12.8 Å². The second-order valence-electron chi connectivity index (χ2n) is 3.30. The fourth-order valence-corrected chi connectivity index (χ4v) is 1.38. The van der Waals surface area contributed by atoms with Gasteiger partial charge in [-0.1, -0.05) is 6.58 Å². The van der Waals surface area contributed by atoms with Crippen LogP contribution >= 0.6 is 0 Å². The number of rotatable bonds is 5. The Morgan fingerprint density at radius 3 is 3.13 bits per heavy atom. The molecule has 0 aliphatic carbocycles. The van der Waals surface area contributed by atoms with Crippen molar-refractivity contribution in [3.05, 3.63) is 12.7 Å². The zero-order valence-electron chi connectivity index (χ0n) is 8.70. The topological polar surface area (TPSA) is 58.6 Å². The highest BCUT2D eigenvalue weighted by Crippen LogP contribution is 2.00. The third kappa shape index (κ3) is 4.01. The smallest absolute Gasteiger partial charge is 0.330 e. The molecule has 1 aliphatic heterocycles. The van der Waals surface area contributed by atoms with Crippen LogP contribution in [0.4, 0.5) is 4.79 Å². The van der Waals surface area contributed by atoms with Gasteiger partial charge in [-0.05, 0) is 12.8 Å². The molecule has 0 radical (unpaired) electrons. The Morgan fingerprint density at radius 2 is 2.47 bits per heavy atom. The molecule has 1 saturated heterocycles. The highest BCUT2D eigenvalue weighted by molar-refractivity contribution is 5.81. The average Bonchev–Trinajstić information content (AvgIpc) is 2.26. The van der Waals surface area contributed by atoms with Crippen LogP contribution in [0.15, 0.2) is 12.7 Å².